The highest BCUT2D eigenvalue weighted by atomic mass is 14.9. The maximum atomic E-state index is 4.77. The van der Waals surface area contributed by atoms with Crippen LogP contribution in [0.5, 0.6) is 0 Å². The van der Waals surface area contributed by atoms with Gasteiger partial charge in [-0.15, -0.1) is 0 Å². The standard InChI is InChI=1S/C14H21N3/c1-2-6-13-12(5-1)10-16-14(17-13)8-11-4-3-7-15-9-11/h10-11,15H,1-9H2. The zero-order valence-corrected chi connectivity index (χ0v) is 10.4. The monoisotopic (exact) mass is 231 g/mol. The molecule has 0 saturated carbocycles. The molecular formula is C14H21N3. The van der Waals surface area contributed by atoms with Gasteiger partial charge < -0.3 is 5.32 Å². The molecule has 1 atom stereocenters. The van der Waals surface area contributed by atoms with Crippen LogP contribution in [-0.4, -0.2) is 23.1 Å². The normalized spacial score (nSPS) is 24.4. The van der Waals surface area contributed by atoms with Crippen molar-refractivity contribution < 1.29 is 0 Å². The molecule has 3 rings (SSSR count). The lowest BCUT2D eigenvalue weighted by Crippen LogP contribution is -2.31. The third-order valence-electron chi connectivity index (χ3n) is 3.98. The number of hydrogen-bond donors (Lipinski definition) is 1. The molecule has 17 heavy (non-hydrogen) atoms. The summed E-state index contributed by atoms with van der Waals surface area (Å²) in [5, 5.41) is 3.46. The Morgan fingerprint density at radius 1 is 1.24 bits per heavy atom. The minimum Gasteiger partial charge on any atom is -0.316 e. The van der Waals surface area contributed by atoms with Gasteiger partial charge in [-0.1, -0.05) is 0 Å². The second kappa shape index (κ2) is 5.13. The van der Waals surface area contributed by atoms with Crippen LogP contribution in [0.25, 0.3) is 0 Å². The molecule has 3 nitrogen and oxygen atoms in total. The van der Waals surface area contributed by atoms with Gasteiger partial charge in [-0.25, -0.2) is 9.97 Å². The van der Waals surface area contributed by atoms with Crippen LogP contribution >= 0.6 is 0 Å². The molecule has 1 aromatic rings. The summed E-state index contributed by atoms with van der Waals surface area (Å²) in [6.07, 6.45) is 10.7. The number of rotatable bonds is 2. The predicted molar refractivity (Wildman–Crippen MR) is 68.0 cm³/mol. The van der Waals surface area contributed by atoms with E-state index in [9.17, 15) is 0 Å². The molecule has 2 aliphatic rings. The van der Waals surface area contributed by atoms with E-state index in [4.69, 9.17) is 4.98 Å². The molecule has 1 aromatic heterocycles. The van der Waals surface area contributed by atoms with Crippen LogP contribution in [0, 0.1) is 5.92 Å². The quantitative estimate of drug-likeness (QED) is 0.844. The van der Waals surface area contributed by atoms with Gasteiger partial charge in [0.15, 0.2) is 0 Å². The fraction of sp³-hybridized carbons (Fsp3) is 0.714. The number of piperidine rings is 1. The molecule has 92 valence electrons. The van der Waals surface area contributed by atoms with Crippen molar-refractivity contribution in [3.05, 3.63) is 23.3 Å². The van der Waals surface area contributed by atoms with Crippen molar-refractivity contribution in [2.45, 2.75) is 44.9 Å². The molecular weight excluding hydrogens is 210 g/mol. The molecule has 3 heteroatoms. The molecule has 1 aliphatic carbocycles. The van der Waals surface area contributed by atoms with Gasteiger partial charge in [-0.3, -0.25) is 0 Å². The van der Waals surface area contributed by atoms with Crippen molar-refractivity contribution in [3.8, 4) is 0 Å². The van der Waals surface area contributed by atoms with Crippen molar-refractivity contribution in [3.63, 3.8) is 0 Å². The molecule has 2 heterocycles. The maximum Gasteiger partial charge on any atom is 0.128 e. The fourth-order valence-electron chi connectivity index (χ4n) is 2.97. The van der Waals surface area contributed by atoms with Crippen molar-refractivity contribution in [2.24, 2.45) is 5.92 Å². The molecule has 0 bridgehead atoms. The van der Waals surface area contributed by atoms with Gasteiger partial charge in [0.25, 0.3) is 0 Å². The predicted octanol–water partition coefficient (Wildman–Crippen LogP) is 1.90. The number of aryl methyl sites for hydroxylation is 2. The summed E-state index contributed by atoms with van der Waals surface area (Å²) < 4.78 is 0. The number of aromatic nitrogens is 2. The van der Waals surface area contributed by atoms with Crippen molar-refractivity contribution in [1.29, 1.82) is 0 Å². The van der Waals surface area contributed by atoms with Crippen LogP contribution in [-0.2, 0) is 19.3 Å². The first kappa shape index (κ1) is 11.1. The lowest BCUT2D eigenvalue weighted by Gasteiger charge is -2.22. The summed E-state index contributed by atoms with van der Waals surface area (Å²) in [5.74, 6) is 1.81. The lowest BCUT2D eigenvalue weighted by molar-refractivity contribution is 0.370. The summed E-state index contributed by atoms with van der Waals surface area (Å²) >= 11 is 0. The van der Waals surface area contributed by atoms with E-state index in [0.29, 0.717) is 0 Å². The van der Waals surface area contributed by atoms with Crippen molar-refractivity contribution >= 4 is 0 Å². The molecule has 1 aliphatic heterocycles. The molecule has 0 spiro atoms. The minimum absolute atomic E-state index is 0.741. The Hall–Kier alpha value is -0.960. The molecule has 1 N–H and O–H groups in total. The molecule has 0 radical (unpaired) electrons. The van der Waals surface area contributed by atoms with E-state index in [2.05, 4.69) is 16.5 Å². The van der Waals surface area contributed by atoms with Gasteiger partial charge >= 0.3 is 0 Å². The van der Waals surface area contributed by atoms with Crippen LogP contribution in [0.4, 0.5) is 0 Å². The van der Waals surface area contributed by atoms with E-state index < -0.39 is 0 Å². The van der Waals surface area contributed by atoms with Crippen LogP contribution in [0.3, 0.4) is 0 Å². The first-order valence-corrected chi connectivity index (χ1v) is 6.96. The van der Waals surface area contributed by atoms with E-state index in [-0.39, 0.29) is 0 Å². The first-order valence-electron chi connectivity index (χ1n) is 6.96. The summed E-state index contributed by atoms with van der Waals surface area (Å²) in [6.45, 7) is 2.32. The van der Waals surface area contributed by atoms with Gasteiger partial charge in [0.05, 0.1) is 0 Å². The summed E-state index contributed by atoms with van der Waals surface area (Å²) in [7, 11) is 0. The first-order chi connectivity index (χ1) is 8.42. The Morgan fingerprint density at radius 2 is 2.18 bits per heavy atom. The minimum atomic E-state index is 0.741. The highest BCUT2D eigenvalue weighted by Crippen LogP contribution is 2.20. The van der Waals surface area contributed by atoms with Gasteiger partial charge in [0.2, 0.25) is 0 Å². The van der Waals surface area contributed by atoms with Gasteiger partial charge in [0.1, 0.15) is 5.82 Å². The molecule has 1 fully saturated rings. The van der Waals surface area contributed by atoms with Gasteiger partial charge in [0, 0.05) is 18.3 Å². The average Bonchev–Trinajstić information content (AvgIpc) is 2.40. The van der Waals surface area contributed by atoms with Crippen LogP contribution < -0.4 is 5.32 Å². The molecule has 0 aromatic carbocycles. The second-order valence-electron chi connectivity index (χ2n) is 5.38. The zero-order chi connectivity index (χ0) is 11.5. The van der Waals surface area contributed by atoms with E-state index in [0.717, 1.165) is 31.1 Å². The Kier molecular flexibility index (Phi) is 3.36. The number of nitrogens with one attached hydrogen (secondary N) is 1. The van der Waals surface area contributed by atoms with Crippen LogP contribution in [0.15, 0.2) is 6.20 Å². The van der Waals surface area contributed by atoms with Gasteiger partial charge in [-0.05, 0) is 63.1 Å². The SMILES string of the molecule is c1nc(CC2CCCNC2)nc2c1CCCC2. The van der Waals surface area contributed by atoms with Gasteiger partial charge in [-0.2, -0.15) is 0 Å². The van der Waals surface area contributed by atoms with Crippen LogP contribution in [0.1, 0.15) is 42.8 Å². The van der Waals surface area contributed by atoms with Crippen molar-refractivity contribution in [1.82, 2.24) is 15.3 Å². The summed E-state index contributed by atoms with van der Waals surface area (Å²) in [6, 6.07) is 0. The smallest absolute Gasteiger partial charge is 0.128 e. The molecule has 0 amide bonds. The summed E-state index contributed by atoms with van der Waals surface area (Å²) in [5.41, 5.74) is 2.71. The van der Waals surface area contributed by atoms with E-state index in [1.807, 2.05) is 0 Å². The fourth-order valence-corrected chi connectivity index (χ4v) is 2.97. The zero-order valence-electron chi connectivity index (χ0n) is 10.4. The topological polar surface area (TPSA) is 37.8 Å². The highest BCUT2D eigenvalue weighted by Gasteiger charge is 2.17. The number of fused-ring (bicyclic) bond motifs is 1. The Labute approximate surface area is 103 Å². The maximum absolute atomic E-state index is 4.77. The average molecular weight is 231 g/mol. The molecule has 1 saturated heterocycles. The Bertz CT molecular complexity index is 383. The molecule has 1 unspecified atom stereocenters. The number of hydrogen-bond acceptors (Lipinski definition) is 3. The largest absolute Gasteiger partial charge is 0.316 e. The van der Waals surface area contributed by atoms with E-state index in [1.54, 1.807) is 0 Å². The van der Waals surface area contributed by atoms with E-state index >= 15 is 0 Å². The third kappa shape index (κ3) is 2.65. The third-order valence-corrected chi connectivity index (χ3v) is 3.98. The number of nitrogens with zero attached hydrogens (tertiary/aromatic N) is 2. The van der Waals surface area contributed by atoms with Crippen molar-refractivity contribution in [2.75, 3.05) is 13.1 Å². The lowest BCUT2D eigenvalue weighted by atomic mass is 9.94. The Balaban J connectivity index is 1.70. The van der Waals surface area contributed by atoms with E-state index in [1.165, 1.54) is 49.9 Å². The second-order valence-corrected chi connectivity index (χ2v) is 5.38. The van der Waals surface area contributed by atoms with Crippen LogP contribution in [0.2, 0.25) is 0 Å². The summed E-state index contributed by atoms with van der Waals surface area (Å²) in [4.78, 5) is 9.32. The Morgan fingerprint density at radius 3 is 3.06 bits per heavy atom. The highest BCUT2D eigenvalue weighted by molar-refractivity contribution is 5.20.